The molecule has 0 aromatic carbocycles. The first-order chi connectivity index (χ1) is 9.29. The number of aromatic amines is 1. The summed E-state index contributed by atoms with van der Waals surface area (Å²) < 4.78 is 0. The van der Waals surface area contributed by atoms with Crippen molar-refractivity contribution in [2.45, 2.75) is 57.0 Å². The topological polar surface area (TPSA) is 44.9 Å². The van der Waals surface area contributed by atoms with Crippen molar-refractivity contribution < 1.29 is 0 Å². The normalized spacial score (nSPS) is 36.4. The Bertz CT molecular complexity index is 536. The van der Waals surface area contributed by atoms with Crippen LogP contribution < -0.4 is 10.9 Å². The minimum Gasteiger partial charge on any atom is -0.326 e. The van der Waals surface area contributed by atoms with E-state index < -0.39 is 0 Å². The Morgan fingerprint density at radius 3 is 2.89 bits per heavy atom. The van der Waals surface area contributed by atoms with Gasteiger partial charge in [-0.25, -0.2) is 0 Å². The average molecular weight is 258 g/mol. The summed E-state index contributed by atoms with van der Waals surface area (Å²) in [5.41, 5.74) is 2.55. The Morgan fingerprint density at radius 1 is 1.16 bits per heavy atom. The molecule has 3 aliphatic rings. The van der Waals surface area contributed by atoms with Crippen LogP contribution in [-0.2, 0) is 6.42 Å². The zero-order valence-corrected chi connectivity index (χ0v) is 11.3. The third-order valence-corrected chi connectivity index (χ3v) is 5.49. The van der Waals surface area contributed by atoms with Gasteiger partial charge < -0.3 is 10.3 Å². The Hall–Kier alpha value is -1.09. The molecular weight excluding hydrogens is 236 g/mol. The van der Waals surface area contributed by atoms with E-state index in [9.17, 15) is 4.79 Å². The molecule has 3 aliphatic carbocycles. The standard InChI is InChI=1S/C16H22N2O/c19-16-7-6-12-13(2-1-3-14(12)18-16)17-15-9-10-4-5-11(15)8-10/h6-7,10-11,13,15,17H,1-5,8-9H2,(H,18,19). The summed E-state index contributed by atoms with van der Waals surface area (Å²) in [6.07, 6.45) is 9.13. The molecule has 3 nitrogen and oxygen atoms in total. The second-order valence-corrected chi connectivity index (χ2v) is 6.65. The van der Waals surface area contributed by atoms with Crippen molar-refractivity contribution in [1.82, 2.24) is 10.3 Å². The molecule has 0 radical (unpaired) electrons. The molecule has 0 amide bonds. The minimum absolute atomic E-state index is 0.0410. The van der Waals surface area contributed by atoms with Gasteiger partial charge in [0, 0.05) is 23.8 Å². The predicted octanol–water partition coefficient (Wildman–Crippen LogP) is 2.53. The van der Waals surface area contributed by atoms with Crippen molar-refractivity contribution in [3.63, 3.8) is 0 Å². The molecule has 102 valence electrons. The first-order valence-corrected chi connectivity index (χ1v) is 7.78. The zero-order chi connectivity index (χ0) is 12.8. The second kappa shape index (κ2) is 4.48. The van der Waals surface area contributed by atoms with Gasteiger partial charge in [0.05, 0.1) is 0 Å². The first-order valence-electron chi connectivity index (χ1n) is 7.78. The predicted molar refractivity (Wildman–Crippen MR) is 75.1 cm³/mol. The van der Waals surface area contributed by atoms with Crippen LogP contribution in [0.4, 0.5) is 0 Å². The fraction of sp³-hybridized carbons (Fsp3) is 0.688. The highest BCUT2D eigenvalue weighted by Crippen LogP contribution is 2.45. The van der Waals surface area contributed by atoms with Gasteiger partial charge in [-0.15, -0.1) is 0 Å². The van der Waals surface area contributed by atoms with E-state index in [0.717, 1.165) is 24.3 Å². The summed E-state index contributed by atoms with van der Waals surface area (Å²) in [5.74, 6) is 1.90. The third-order valence-electron chi connectivity index (χ3n) is 5.49. The molecule has 4 unspecified atom stereocenters. The van der Waals surface area contributed by atoms with E-state index in [2.05, 4.69) is 10.3 Å². The molecule has 4 atom stereocenters. The summed E-state index contributed by atoms with van der Waals surface area (Å²) in [6.45, 7) is 0. The van der Waals surface area contributed by atoms with E-state index in [4.69, 9.17) is 0 Å². The van der Waals surface area contributed by atoms with Crippen LogP contribution in [0.1, 0.15) is 55.8 Å². The van der Waals surface area contributed by atoms with Crippen LogP contribution in [0, 0.1) is 11.8 Å². The van der Waals surface area contributed by atoms with Gasteiger partial charge >= 0.3 is 0 Å². The Kier molecular flexibility index (Phi) is 2.76. The lowest BCUT2D eigenvalue weighted by Gasteiger charge is -2.32. The van der Waals surface area contributed by atoms with Crippen LogP contribution in [0.2, 0.25) is 0 Å². The lowest BCUT2D eigenvalue weighted by Crippen LogP contribution is -2.38. The Morgan fingerprint density at radius 2 is 2.11 bits per heavy atom. The van der Waals surface area contributed by atoms with Crippen LogP contribution in [0.5, 0.6) is 0 Å². The fourth-order valence-electron chi connectivity index (χ4n) is 4.58. The fourth-order valence-corrected chi connectivity index (χ4v) is 4.58. The summed E-state index contributed by atoms with van der Waals surface area (Å²) in [6, 6.07) is 4.91. The third kappa shape index (κ3) is 2.04. The van der Waals surface area contributed by atoms with Crippen LogP contribution in [0.25, 0.3) is 0 Å². The summed E-state index contributed by atoms with van der Waals surface area (Å²) >= 11 is 0. The quantitative estimate of drug-likeness (QED) is 0.856. The van der Waals surface area contributed by atoms with Gasteiger partial charge in [0.15, 0.2) is 0 Å². The lowest BCUT2D eigenvalue weighted by atomic mass is 9.88. The summed E-state index contributed by atoms with van der Waals surface area (Å²) in [5, 5.41) is 3.90. The average Bonchev–Trinajstić information content (AvgIpc) is 3.01. The van der Waals surface area contributed by atoms with Crippen molar-refractivity contribution >= 4 is 0 Å². The SMILES string of the molecule is O=c1ccc2c([nH]1)CCCC2NC1CC2CCC1C2. The number of H-pyrrole nitrogens is 1. The molecule has 2 saturated carbocycles. The number of fused-ring (bicyclic) bond motifs is 3. The molecule has 1 aromatic heterocycles. The first kappa shape index (κ1) is 11.7. The van der Waals surface area contributed by atoms with Crippen LogP contribution in [0.3, 0.4) is 0 Å². The van der Waals surface area contributed by atoms with Crippen molar-refractivity contribution in [1.29, 1.82) is 0 Å². The highest BCUT2D eigenvalue weighted by Gasteiger charge is 2.40. The maximum atomic E-state index is 11.4. The lowest BCUT2D eigenvalue weighted by molar-refractivity contribution is 0.303. The molecule has 2 bridgehead atoms. The van der Waals surface area contributed by atoms with Crippen molar-refractivity contribution in [2.75, 3.05) is 0 Å². The maximum Gasteiger partial charge on any atom is 0.248 e. The van der Waals surface area contributed by atoms with Gasteiger partial charge in [-0.2, -0.15) is 0 Å². The molecule has 2 N–H and O–H groups in total. The molecular formula is C16H22N2O. The number of hydrogen-bond acceptors (Lipinski definition) is 2. The number of nitrogens with one attached hydrogen (secondary N) is 2. The van der Waals surface area contributed by atoms with E-state index in [1.165, 1.54) is 49.8 Å². The summed E-state index contributed by atoms with van der Waals surface area (Å²) in [7, 11) is 0. The number of hydrogen-bond donors (Lipinski definition) is 2. The van der Waals surface area contributed by atoms with Gasteiger partial charge in [-0.1, -0.05) is 12.5 Å². The molecule has 0 spiro atoms. The van der Waals surface area contributed by atoms with Crippen LogP contribution in [-0.4, -0.2) is 11.0 Å². The molecule has 4 rings (SSSR count). The van der Waals surface area contributed by atoms with Crippen molar-refractivity contribution in [3.05, 3.63) is 33.7 Å². The smallest absolute Gasteiger partial charge is 0.248 e. The highest BCUT2D eigenvalue weighted by molar-refractivity contribution is 5.26. The second-order valence-electron chi connectivity index (χ2n) is 6.65. The van der Waals surface area contributed by atoms with Gasteiger partial charge in [0.25, 0.3) is 0 Å². The van der Waals surface area contributed by atoms with E-state index in [1.54, 1.807) is 6.07 Å². The van der Waals surface area contributed by atoms with Crippen molar-refractivity contribution in [2.24, 2.45) is 11.8 Å². The Balaban J connectivity index is 1.55. The molecule has 19 heavy (non-hydrogen) atoms. The zero-order valence-electron chi connectivity index (χ0n) is 11.3. The van der Waals surface area contributed by atoms with Crippen LogP contribution >= 0.6 is 0 Å². The number of aromatic nitrogens is 1. The van der Waals surface area contributed by atoms with E-state index in [0.29, 0.717) is 6.04 Å². The van der Waals surface area contributed by atoms with Gasteiger partial charge in [-0.05, 0) is 55.9 Å². The molecule has 3 heteroatoms. The van der Waals surface area contributed by atoms with Gasteiger partial charge in [-0.3, -0.25) is 4.79 Å². The molecule has 1 aromatic rings. The van der Waals surface area contributed by atoms with Gasteiger partial charge in [0.1, 0.15) is 0 Å². The number of rotatable bonds is 2. The molecule has 2 fully saturated rings. The Labute approximate surface area is 113 Å². The summed E-state index contributed by atoms with van der Waals surface area (Å²) in [4.78, 5) is 14.4. The van der Waals surface area contributed by atoms with E-state index in [-0.39, 0.29) is 5.56 Å². The van der Waals surface area contributed by atoms with E-state index >= 15 is 0 Å². The highest BCUT2D eigenvalue weighted by atomic mass is 16.1. The molecule has 0 saturated heterocycles. The maximum absolute atomic E-state index is 11.4. The van der Waals surface area contributed by atoms with Gasteiger partial charge in [0.2, 0.25) is 5.56 Å². The van der Waals surface area contributed by atoms with E-state index in [1.807, 2.05) is 6.07 Å². The largest absolute Gasteiger partial charge is 0.326 e. The molecule has 1 heterocycles. The minimum atomic E-state index is 0.0410. The van der Waals surface area contributed by atoms with Crippen LogP contribution in [0.15, 0.2) is 16.9 Å². The molecule has 0 aliphatic heterocycles. The number of aryl methyl sites for hydroxylation is 1. The number of pyridine rings is 1. The monoisotopic (exact) mass is 258 g/mol. The van der Waals surface area contributed by atoms with Crippen molar-refractivity contribution in [3.8, 4) is 0 Å².